The lowest BCUT2D eigenvalue weighted by atomic mass is 9.47. The maximum atomic E-state index is 6.19. The van der Waals surface area contributed by atoms with Crippen molar-refractivity contribution < 1.29 is 4.74 Å². The van der Waals surface area contributed by atoms with E-state index in [0.717, 1.165) is 48.5 Å². The molecule has 0 aromatic rings. The Bertz CT molecular complexity index is 634. The molecule has 0 heterocycles. The van der Waals surface area contributed by atoms with Crippen LogP contribution in [0, 0.1) is 46.3 Å². The molecule has 31 heavy (non-hydrogen) atoms. The Morgan fingerprint density at radius 3 is 2.55 bits per heavy atom. The summed E-state index contributed by atoms with van der Waals surface area (Å²) in [5, 5.41) is 0. The average Bonchev–Trinajstić information content (AvgIpc) is 3.09. The maximum Gasteiger partial charge on any atom is 0.0612 e. The van der Waals surface area contributed by atoms with E-state index in [-0.39, 0.29) is 0 Å². The summed E-state index contributed by atoms with van der Waals surface area (Å²) in [7, 11) is 0. The molecule has 8 atom stereocenters. The van der Waals surface area contributed by atoms with Gasteiger partial charge in [-0.05, 0) is 104 Å². The van der Waals surface area contributed by atoms with Crippen LogP contribution in [-0.2, 0) is 4.74 Å². The molecule has 0 radical (unpaired) electrons. The van der Waals surface area contributed by atoms with Crippen molar-refractivity contribution in [3.63, 3.8) is 0 Å². The van der Waals surface area contributed by atoms with Crippen molar-refractivity contribution in [2.24, 2.45) is 46.3 Å². The monoisotopic (exact) mass is 428 g/mol. The Labute approximate surface area is 194 Å². The number of fused-ring (bicyclic) bond motifs is 5. The third-order valence-corrected chi connectivity index (χ3v) is 10.8. The van der Waals surface area contributed by atoms with Gasteiger partial charge in [0.2, 0.25) is 0 Å². The van der Waals surface area contributed by atoms with E-state index >= 15 is 0 Å². The third kappa shape index (κ3) is 4.43. The molecule has 8 unspecified atom stereocenters. The van der Waals surface area contributed by atoms with Crippen LogP contribution in [0.3, 0.4) is 0 Å². The molecule has 4 rings (SSSR count). The number of hydrogen-bond donors (Lipinski definition) is 0. The van der Waals surface area contributed by atoms with E-state index in [0.29, 0.717) is 16.9 Å². The second-order valence-corrected chi connectivity index (χ2v) is 13.0. The number of rotatable bonds is 8. The van der Waals surface area contributed by atoms with Crippen molar-refractivity contribution in [1.29, 1.82) is 0 Å². The van der Waals surface area contributed by atoms with Crippen LogP contribution >= 0.6 is 0 Å². The summed E-state index contributed by atoms with van der Waals surface area (Å²) >= 11 is 0. The molecule has 4 aliphatic rings. The predicted octanol–water partition coefficient (Wildman–Crippen LogP) is 8.82. The van der Waals surface area contributed by atoms with Gasteiger partial charge in [-0.1, -0.05) is 72.5 Å². The Morgan fingerprint density at radius 1 is 1.00 bits per heavy atom. The Hall–Kier alpha value is -0.300. The normalized spacial score (nSPS) is 43.2. The minimum atomic E-state index is 0.470. The quantitative estimate of drug-likeness (QED) is 0.351. The fourth-order valence-corrected chi connectivity index (χ4v) is 9.08. The largest absolute Gasteiger partial charge is 0.378 e. The fraction of sp³-hybridized carbons (Fsp3) is 0.933. The van der Waals surface area contributed by atoms with Gasteiger partial charge in [-0.15, -0.1) is 0 Å². The van der Waals surface area contributed by atoms with E-state index in [1.54, 1.807) is 5.57 Å². The van der Waals surface area contributed by atoms with Crippen LogP contribution < -0.4 is 0 Å². The molecule has 4 aliphatic carbocycles. The van der Waals surface area contributed by atoms with Gasteiger partial charge in [0.15, 0.2) is 0 Å². The minimum absolute atomic E-state index is 0.470. The highest BCUT2D eigenvalue weighted by Gasteiger charge is 2.59. The summed E-state index contributed by atoms with van der Waals surface area (Å²) < 4.78 is 6.19. The van der Waals surface area contributed by atoms with Crippen molar-refractivity contribution in [3.05, 3.63) is 11.6 Å². The Morgan fingerprint density at radius 2 is 1.81 bits per heavy atom. The van der Waals surface area contributed by atoms with E-state index < -0.39 is 0 Å². The molecule has 1 heteroatoms. The van der Waals surface area contributed by atoms with Crippen molar-refractivity contribution in [3.8, 4) is 0 Å². The highest BCUT2D eigenvalue weighted by molar-refractivity contribution is 5.25. The van der Waals surface area contributed by atoms with E-state index in [2.05, 4.69) is 47.6 Å². The highest BCUT2D eigenvalue weighted by atomic mass is 16.5. The van der Waals surface area contributed by atoms with Crippen molar-refractivity contribution in [2.45, 2.75) is 125 Å². The molecule has 0 spiro atoms. The van der Waals surface area contributed by atoms with Crippen LogP contribution in [0.2, 0.25) is 0 Å². The summed E-state index contributed by atoms with van der Waals surface area (Å²) in [4.78, 5) is 0. The lowest BCUT2D eigenvalue weighted by Gasteiger charge is -2.58. The zero-order valence-electron chi connectivity index (χ0n) is 21.7. The minimum Gasteiger partial charge on any atom is -0.378 e. The topological polar surface area (TPSA) is 9.23 Å². The van der Waals surface area contributed by atoms with Crippen molar-refractivity contribution in [2.75, 3.05) is 6.61 Å². The zero-order valence-corrected chi connectivity index (χ0v) is 21.7. The van der Waals surface area contributed by atoms with Gasteiger partial charge >= 0.3 is 0 Å². The van der Waals surface area contributed by atoms with Gasteiger partial charge in [0.1, 0.15) is 0 Å². The van der Waals surface area contributed by atoms with E-state index in [9.17, 15) is 0 Å². The lowest BCUT2D eigenvalue weighted by Crippen LogP contribution is -2.51. The van der Waals surface area contributed by atoms with Gasteiger partial charge in [-0.3, -0.25) is 0 Å². The summed E-state index contributed by atoms with van der Waals surface area (Å²) in [6.07, 6.45) is 19.9. The average molecular weight is 429 g/mol. The van der Waals surface area contributed by atoms with Gasteiger partial charge < -0.3 is 4.74 Å². The van der Waals surface area contributed by atoms with Gasteiger partial charge in [0.25, 0.3) is 0 Å². The summed E-state index contributed by atoms with van der Waals surface area (Å²) in [6.45, 7) is 15.9. The summed E-state index contributed by atoms with van der Waals surface area (Å²) in [6, 6.07) is 0. The first-order chi connectivity index (χ1) is 14.8. The molecule has 3 fully saturated rings. The smallest absolute Gasteiger partial charge is 0.0612 e. The second-order valence-electron chi connectivity index (χ2n) is 13.0. The first kappa shape index (κ1) is 23.8. The molecule has 0 bridgehead atoms. The van der Waals surface area contributed by atoms with Crippen LogP contribution in [0.4, 0.5) is 0 Å². The SMILES string of the molecule is CCCOC1CCC2(C)C(=CCC3C2CCC2(C)C(C(C)CCCC(C)C)CCC32)C1. The fourth-order valence-electron chi connectivity index (χ4n) is 9.08. The second kappa shape index (κ2) is 9.52. The molecular formula is C30H52O. The number of allylic oxidation sites excluding steroid dienone is 1. The molecule has 0 aliphatic heterocycles. The maximum absolute atomic E-state index is 6.19. The molecule has 0 amide bonds. The molecule has 0 aromatic heterocycles. The summed E-state index contributed by atoms with van der Waals surface area (Å²) in [5.41, 5.74) is 2.86. The predicted molar refractivity (Wildman–Crippen MR) is 133 cm³/mol. The van der Waals surface area contributed by atoms with Crippen LogP contribution in [0.15, 0.2) is 11.6 Å². The Kier molecular flexibility index (Phi) is 7.32. The van der Waals surface area contributed by atoms with Crippen LogP contribution in [0.5, 0.6) is 0 Å². The van der Waals surface area contributed by atoms with Crippen molar-refractivity contribution >= 4 is 0 Å². The number of ether oxygens (including phenoxy) is 1. The number of hydrogen-bond acceptors (Lipinski definition) is 1. The molecule has 0 saturated heterocycles. The van der Waals surface area contributed by atoms with Gasteiger partial charge in [-0.25, -0.2) is 0 Å². The standard InChI is InChI=1S/C30H52O/c1-7-19-31-24-15-17-29(5)23(20-24)11-12-25-27-14-13-26(22(4)10-8-9-21(2)3)30(27,6)18-16-28(25)29/h11,21-22,24-28H,7-10,12-20H2,1-6H3. The molecular weight excluding hydrogens is 376 g/mol. The molecule has 178 valence electrons. The summed E-state index contributed by atoms with van der Waals surface area (Å²) in [5.74, 6) is 5.62. The van der Waals surface area contributed by atoms with Crippen LogP contribution in [0.25, 0.3) is 0 Å². The van der Waals surface area contributed by atoms with Crippen LogP contribution in [0.1, 0.15) is 119 Å². The third-order valence-electron chi connectivity index (χ3n) is 10.8. The Balaban J connectivity index is 1.45. The van der Waals surface area contributed by atoms with Gasteiger partial charge in [0.05, 0.1) is 6.10 Å². The van der Waals surface area contributed by atoms with Gasteiger partial charge in [-0.2, -0.15) is 0 Å². The first-order valence-corrected chi connectivity index (χ1v) is 14.1. The first-order valence-electron chi connectivity index (χ1n) is 14.1. The van der Waals surface area contributed by atoms with E-state index in [1.165, 1.54) is 70.6 Å². The molecule has 0 N–H and O–H groups in total. The van der Waals surface area contributed by atoms with Crippen LogP contribution in [-0.4, -0.2) is 12.7 Å². The van der Waals surface area contributed by atoms with Gasteiger partial charge in [0, 0.05) is 6.61 Å². The van der Waals surface area contributed by atoms with E-state index in [4.69, 9.17) is 4.74 Å². The lowest BCUT2D eigenvalue weighted by molar-refractivity contribution is -0.0638. The zero-order chi connectivity index (χ0) is 22.2. The highest BCUT2D eigenvalue weighted by Crippen LogP contribution is 2.67. The molecule has 3 saturated carbocycles. The van der Waals surface area contributed by atoms with Crippen molar-refractivity contribution in [1.82, 2.24) is 0 Å². The van der Waals surface area contributed by atoms with E-state index in [1.807, 2.05) is 0 Å². The molecule has 0 aromatic carbocycles. The molecule has 1 nitrogen and oxygen atoms in total.